The van der Waals surface area contributed by atoms with Crippen LogP contribution in [0.5, 0.6) is 0 Å². The highest BCUT2D eigenvalue weighted by atomic mass is 79.9. The Morgan fingerprint density at radius 3 is 2.75 bits per heavy atom. The summed E-state index contributed by atoms with van der Waals surface area (Å²) in [7, 11) is 0. The van der Waals surface area contributed by atoms with Crippen LogP contribution >= 0.6 is 27.7 Å². The Balaban J connectivity index is 1.69. The molecule has 0 bridgehead atoms. The number of para-hydroxylation sites is 2. The molecule has 4 rings (SSSR count). The third-order valence-electron chi connectivity index (χ3n) is 4.51. The summed E-state index contributed by atoms with van der Waals surface area (Å²) in [5.41, 5.74) is 6.19. The lowest BCUT2D eigenvalue weighted by Crippen LogP contribution is -1.98. The molecule has 0 spiro atoms. The van der Waals surface area contributed by atoms with E-state index in [1.807, 2.05) is 42.5 Å². The van der Waals surface area contributed by atoms with Gasteiger partial charge in [0.2, 0.25) is 0 Å². The highest BCUT2D eigenvalue weighted by molar-refractivity contribution is 9.10. The van der Waals surface area contributed by atoms with Crippen molar-refractivity contribution in [2.45, 2.75) is 19.0 Å². The van der Waals surface area contributed by atoms with E-state index in [9.17, 15) is 5.26 Å². The number of hydrogen-bond acceptors (Lipinski definition) is 3. The van der Waals surface area contributed by atoms with E-state index in [1.165, 1.54) is 11.8 Å². The third-order valence-corrected chi connectivity index (χ3v) is 5.82. The SMILES string of the molecule is Cc1cc(/C=C(\C#N)Sc2nc3ccccc3[nH]2)c(C)n1-c1cccc(Br)c1. The van der Waals surface area contributed by atoms with E-state index in [4.69, 9.17) is 0 Å². The number of fused-ring (bicyclic) bond motifs is 1. The van der Waals surface area contributed by atoms with Gasteiger partial charge in [0, 0.05) is 21.5 Å². The van der Waals surface area contributed by atoms with Crippen LogP contribution in [-0.4, -0.2) is 14.5 Å². The molecule has 2 aromatic carbocycles. The van der Waals surface area contributed by atoms with Crippen molar-refractivity contribution in [3.63, 3.8) is 0 Å². The van der Waals surface area contributed by atoms with Gasteiger partial charge in [0.1, 0.15) is 6.07 Å². The predicted octanol–water partition coefficient (Wildman–Crippen LogP) is 6.39. The van der Waals surface area contributed by atoms with E-state index >= 15 is 0 Å². The topological polar surface area (TPSA) is 57.4 Å². The zero-order chi connectivity index (χ0) is 19.7. The highest BCUT2D eigenvalue weighted by Gasteiger charge is 2.12. The first-order valence-electron chi connectivity index (χ1n) is 8.74. The summed E-state index contributed by atoms with van der Waals surface area (Å²) in [5, 5.41) is 10.4. The van der Waals surface area contributed by atoms with Crippen molar-refractivity contribution in [2.75, 3.05) is 0 Å². The van der Waals surface area contributed by atoms with E-state index < -0.39 is 0 Å². The molecule has 0 aliphatic heterocycles. The first-order chi connectivity index (χ1) is 13.5. The number of benzene rings is 2. The number of H-pyrrole nitrogens is 1. The maximum absolute atomic E-state index is 9.65. The summed E-state index contributed by atoms with van der Waals surface area (Å²) in [6, 6.07) is 20.4. The maximum atomic E-state index is 9.65. The molecule has 2 aromatic heterocycles. The average molecular weight is 449 g/mol. The van der Waals surface area contributed by atoms with Crippen LogP contribution in [0.3, 0.4) is 0 Å². The molecule has 4 aromatic rings. The normalized spacial score (nSPS) is 11.7. The molecule has 6 heteroatoms. The van der Waals surface area contributed by atoms with Gasteiger partial charge in [-0.2, -0.15) is 5.26 Å². The smallest absolute Gasteiger partial charge is 0.171 e. The number of nitrogens with zero attached hydrogens (tertiary/aromatic N) is 3. The number of hydrogen-bond donors (Lipinski definition) is 1. The number of aromatic amines is 1. The molecule has 138 valence electrons. The van der Waals surface area contributed by atoms with E-state index in [0.717, 1.165) is 43.3 Å². The molecule has 1 N–H and O–H groups in total. The van der Waals surface area contributed by atoms with E-state index in [0.29, 0.717) is 4.91 Å². The number of nitriles is 1. The monoisotopic (exact) mass is 448 g/mol. The fraction of sp³-hybridized carbons (Fsp3) is 0.0909. The van der Waals surface area contributed by atoms with Crippen LogP contribution in [0.1, 0.15) is 17.0 Å². The minimum atomic E-state index is 0.591. The largest absolute Gasteiger partial charge is 0.333 e. The quantitative estimate of drug-likeness (QED) is 0.290. The second kappa shape index (κ2) is 7.70. The zero-order valence-corrected chi connectivity index (χ0v) is 17.8. The van der Waals surface area contributed by atoms with Crippen LogP contribution < -0.4 is 0 Å². The van der Waals surface area contributed by atoms with Gasteiger partial charge in [-0.05, 0) is 73.6 Å². The maximum Gasteiger partial charge on any atom is 0.171 e. The second-order valence-electron chi connectivity index (χ2n) is 6.42. The molecule has 0 saturated heterocycles. The summed E-state index contributed by atoms with van der Waals surface area (Å²) in [6.07, 6.45) is 1.93. The van der Waals surface area contributed by atoms with Crippen molar-refractivity contribution in [3.8, 4) is 11.8 Å². The van der Waals surface area contributed by atoms with Crippen molar-refractivity contribution in [3.05, 3.63) is 80.9 Å². The van der Waals surface area contributed by atoms with E-state index in [-0.39, 0.29) is 0 Å². The highest BCUT2D eigenvalue weighted by Crippen LogP contribution is 2.30. The minimum absolute atomic E-state index is 0.591. The van der Waals surface area contributed by atoms with Gasteiger partial charge in [0.05, 0.1) is 15.9 Å². The number of aryl methyl sites for hydroxylation is 1. The van der Waals surface area contributed by atoms with Crippen LogP contribution in [0.2, 0.25) is 0 Å². The van der Waals surface area contributed by atoms with Gasteiger partial charge in [-0.1, -0.05) is 34.1 Å². The van der Waals surface area contributed by atoms with Gasteiger partial charge in [-0.25, -0.2) is 4.98 Å². The molecule has 0 radical (unpaired) electrons. The van der Waals surface area contributed by atoms with Crippen molar-refractivity contribution >= 4 is 44.8 Å². The molecule has 0 aliphatic carbocycles. The third kappa shape index (κ3) is 3.64. The summed E-state index contributed by atoms with van der Waals surface area (Å²) >= 11 is 4.88. The van der Waals surface area contributed by atoms with Crippen LogP contribution in [0.15, 0.2) is 69.1 Å². The summed E-state index contributed by atoms with van der Waals surface area (Å²) in [5.74, 6) is 0. The zero-order valence-electron chi connectivity index (χ0n) is 15.4. The first kappa shape index (κ1) is 18.6. The fourth-order valence-electron chi connectivity index (χ4n) is 3.25. The average Bonchev–Trinajstić information content (AvgIpc) is 3.21. The Hall–Kier alpha value is -2.75. The Morgan fingerprint density at radius 1 is 1.18 bits per heavy atom. The number of aromatic nitrogens is 3. The Kier molecular flexibility index (Phi) is 5.12. The van der Waals surface area contributed by atoms with Crippen molar-refractivity contribution in [2.24, 2.45) is 0 Å². The standard InChI is InChI=1S/C22H17BrN4S/c1-14-10-16(15(2)27(14)18-7-5-6-17(23)12-18)11-19(13-24)28-22-25-20-8-3-4-9-21(20)26-22/h3-12H,1-2H3,(H,25,26)/b19-11+. The van der Waals surface area contributed by atoms with Crippen LogP contribution in [-0.2, 0) is 0 Å². The summed E-state index contributed by atoms with van der Waals surface area (Å²) in [4.78, 5) is 8.40. The Morgan fingerprint density at radius 2 is 2.00 bits per heavy atom. The number of rotatable bonds is 4. The van der Waals surface area contributed by atoms with Gasteiger partial charge in [0.25, 0.3) is 0 Å². The van der Waals surface area contributed by atoms with E-state index in [2.05, 4.69) is 68.6 Å². The molecule has 0 saturated carbocycles. The molecular formula is C22H17BrN4S. The molecule has 2 heterocycles. The summed E-state index contributed by atoms with van der Waals surface area (Å²) in [6.45, 7) is 4.14. The van der Waals surface area contributed by atoms with Gasteiger partial charge in [-0.15, -0.1) is 0 Å². The minimum Gasteiger partial charge on any atom is -0.333 e. The lowest BCUT2D eigenvalue weighted by Gasteiger charge is -2.10. The lowest BCUT2D eigenvalue weighted by atomic mass is 10.2. The van der Waals surface area contributed by atoms with Gasteiger partial charge in [-0.3, -0.25) is 0 Å². The van der Waals surface area contributed by atoms with Gasteiger partial charge in [0.15, 0.2) is 5.16 Å². The van der Waals surface area contributed by atoms with Crippen molar-refractivity contribution in [1.29, 1.82) is 5.26 Å². The number of halogens is 1. The molecule has 0 atom stereocenters. The molecule has 4 nitrogen and oxygen atoms in total. The molecule has 0 aliphatic rings. The Labute approximate surface area is 176 Å². The van der Waals surface area contributed by atoms with Gasteiger partial charge >= 0.3 is 0 Å². The molecule has 0 fully saturated rings. The predicted molar refractivity (Wildman–Crippen MR) is 118 cm³/mol. The molecular weight excluding hydrogens is 432 g/mol. The number of nitrogens with one attached hydrogen (secondary N) is 1. The second-order valence-corrected chi connectivity index (χ2v) is 8.37. The molecule has 28 heavy (non-hydrogen) atoms. The number of imidazole rings is 1. The summed E-state index contributed by atoms with van der Waals surface area (Å²) < 4.78 is 3.23. The first-order valence-corrected chi connectivity index (χ1v) is 10.4. The van der Waals surface area contributed by atoms with E-state index in [1.54, 1.807) is 0 Å². The fourth-order valence-corrected chi connectivity index (χ4v) is 4.39. The number of allylic oxidation sites excluding steroid dienone is 1. The van der Waals surface area contributed by atoms with Crippen molar-refractivity contribution < 1.29 is 0 Å². The van der Waals surface area contributed by atoms with Crippen LogP contribution in [0.25, 0.3) is 22.8 Å². The van der Waals surface area contributed by atoms with Crippen molar-refractivity contribution in [1.82, 2.24) is 14.5 Å². The molecule has 0 amide bonds. The van der Waals surface area contributed by atoms with Gasteiger partial charge < -0.3 is 9.55 Å². The lowest BCUT2D eigenvalue weighted by molar-refractivity contribution is 0.963. The molecule has 0 unspecified atom stereocenters. The Bertz CT molecular complexity index is 1210. The van der Waals surface area contributed by atoms with Crippen LogP contribution in [0.4, 0.5) is 0 Å². The number of thioether (sulfide) groups is 1. The van der Waals surface area contributed by atoms with Crippen LogP contribution in [0, 0.1) is 25.2 Å².